The number of carbonyl (C=O) groups is 1. The number of nitrogens with two attached hydrogens (primary N) is 3. The first kappa shape index (κ1) is 32.0. The normalized spacial score (nSPS) is 18.6. The van der Waals surface area contributed by atoms with Crippen molar-refractivity contribution in [1.82, 2.24) is 10.2 Å². The lowest BCUT2D eigenvalue weighted by molar-refractivity contribution is -0.117. The number of aliphatic imine (C=N–C) groups is 1. The topological polar surface area (TPSA) is 144 Å². The Kier molecular flexibility index (Phi) is 11.2. The summed E-state index contributed by atoms with van der Waals surface area (Å²) in [4.78, 5) is 19.3. The molecule has 1 heterocycles. The summed E-state index contributed by atoms with van der Waals surface area (Å²) in [6.07, 6.45) is 4.93. The molecule has 9 nitrogen and oxygen atoms in total. The number of carbonyl (C=O) groups excluding carboxylic acids is 1. The maximum absolute atomic E-state index is 13.8. The van der Waals surface area contributed by atoms with Crippen molar-refractivity contribution in [3.63, 3.8) is 0 Å². The molecule has 1 amide bonds. The summed E-state index contributed by atoms with van der Waals surface area (Å²) >= 11 is 0. The number of allylic oxidation sites excluding steroid dienone is 1. The fourth-order valence-electron chi connectivity index (χ4n) is 4.57. The molecule has 0 bridgehead atoms. The molecular weight excluding hydrogens is 528 g/mol. The van der Waals surface area contributed by atoms with Crippen molar-refractivity contribution in [3.05, 3.63) is 65.6 Å². The summed E-state index contributed by atoms with van der Waals surface area (Å²) in [7, 11) is 0. The lowest BCUT2D eigenvalue weighted by Gasteiger charge is -2.33. The third-order valence-electron chi connectivity index (χ3n) is 7.04. The number of benzene rings is 2. The molecule has 3 rings (SSSR count). The molecule has 0 aliphatic carbocycles. The van der Waals surface area contributed by atoms with E-state index in [0.717, 1.165) is 26.6 Å². The van der Waals surface area contributed by atoms with Crippen LogP contribution in [0.1, 0.15) is 58.1 Å². The lowest BCUT2D eigenvalue weighted by atomic mass is 10.0. The number of piperidine rings is 1. The molecule has 3 atom stereocenters. The number of ether oxygens (including phenoxy) is 1. The molecule has 11 heteroatoms. The zero-order valence-corrected chi connectivity index (χ0v) is 24.3. The summed E-state index contributed by atoms with van der Waals surface area (Å²) in [5.74, 6) is -3.16. The first-order chi connectivity index (χ1) is 19.3. The van der Waals surface area contributed by atoms with Crippen LogP contribution in [0, 0.1) is 0 Å². The number of amides is 1. The Morgan fingerprint density at radius 2 is 1.93 bits per heavy atom. The van der Waals surface area contributed by atoms with Crippen molar-refractivity contribution in [2.45, 2.75) is 71.1 Å². The number of nitrogens with one attached hydrogen (secondary N) is 2. The van der Waals surface area contributed by atoms with E-state index >= 15 is 0 Å². The van der Waals surface area contributed by atoms with Crippen molar-refractivity contribution in [2.24, 2.45) is 16.5 Å². The molecule has 41 heavy (non-hydrogen) atoms. The molecule has 3 unspecified atom stereocenters. The number of anilines is 2. The summed E-state index contributed by atoms with van der Waals surface area (Å²) < 4.78 is 33.5. The molecule has 2 aromatic carbocycles. The van der Waals surface area contributed by atoms with Gasteiger partial charge in [-0.15, -0.1) is 0 Å². The molecule has 0 radical (unpaired) electrons. The van der Waals surface area contributed by atoms with Gasteiger partial charge in [0.15, 0.2) is 11.6 Å². The average molecular weight is 572 g/mol. The maximum Gasteiger partial charge on any atom is 0.270 e. The zero-order valence-electron chi connectivity index (χ0n) is 24.3. The van der Waals surface area contributed by atoms with E-state index in [-0.39, 0.29) is 29.0 Å². The van der Waals surface area contributed by atoms with Crippen LogP contribution in [-0.4, -0.2) is 54.4 Å². The number of para-hydroxylation sites is 1. The Labute approximate surface area is 241 Å². The minimum absolute atomic E-state index is 0.0228. The number of halogens is 2. The zero-order chi connectivity index (χ0) is 30.2. The van der Waals surface area contributed by atoms with Gasteiger partial charge in [0.2, 0.25) is 5.91 Å². The molecule has 0 saturated carbocycles. The Morgan fingerprint density at radius 1 is 1.22 bits per heavy atom. The first-order valence-corrected chi connectivity index (χ1v) is 14.0. The molecule has 0 spiro atoms. The Bertz CT molecular complexity index is 1230. The maximum atomic E-state index is 13.8. The summed E-state index contributed by atoms with van der Waals surface area (Å²) in [6.45, 7) is 9.34. The molecule has 1 aliphatic heterocycles. The molecule has 1 saturated heterocycles. The van der Waals surface area contributed by atoms with Crippen molar-refractivity contribution < 1.29 is 18.3 Å². The molecule has 1 aliphatic rings. The van der Waals surface area contributed by atoms with Gasteiger partial charge in [-0.2, -0.15) is 0 Å². The van der Waals surface area contributed by atoms with Crippen molar-refractivity contribution in [2.75, 3.05) is 30.7 Å². The van der Waals surface area contributed by atoms with Gasteiger partial charge in [-0.25, -0.2) is 8.78 Å². The molecule has 0 aromatic heterocycles. The quantitative estimate of drug-likeness (QED) is 0.146. The van der Waals surface area contributed by atoms with Gasteiger partial charge >= 0.3 is 0 Å². The Hall–Kier alpha value is -3.54. The van der Waals surface area contributed by atoms with Crippen LogP contribution in [0.15, 0.2) is 59.4 Å². The number of rotatable bonds is 12. The van der Waals surface area contributed by atoms with Crippen LogP contribution >= 0.6 is 0 Å². The minimum atomic E-state index is -2.96. The van der Waals surface area contributed by atoms with E-state index in [9.17, 15) is 13.6 Å². The average Bonchev–Trinajstić information content (AvgIpc) is 2.91. The van der Waals surface area contributed by atoms with Gasteiger partial charge in [0.25, 0.3) is 5.92 Å². The highest BCUT2D eigenvalue weighted by Crippen LogP contribution is 2.31. The summed E-state index contributed by atoms with van der Waals surface area (Å²) in [6, 6.07) is 10.6. The van der Waals surface area contributed by atoms with E-state index in [1.54, 1.807) is 37.3 Å². The molecule has 8 N–H and O–H groups in total. The van der Waals surface area contributed by atoms with E-state index in [1.165, 1.54) is 37.5 Å². The third kappa shape index (κ3) is 9.51. The third-order valence-corrected chi connectivity index (χ3v) is 7.04. The van der Waals surface area contributed by atoms with Gasteiger partial charge in [-0.1, -0.05) is 36.8 Å². The van der Waals surface area contributed by atoms with Gasteiger partial charge < -0.3 is 27.3 Å². The molecule has 2 aromatic rings. The predicted molar refractivity (Wildman–Crippen MR) is 161 cm³/mol. The van der Waals surface area contributed by atoms with E-state index < -0.39 is 17.9 Å². The standard InChI is InChI=1S/C30H43F2N7O2/c1-19-8-5-6-16-39(19)17-15-36-21(3)37-25(22-11-13-23(14-12-22)30(4,31)32)18-27(34)41-26-10-7-9-24(28(26)35)38-29(40)20(2)33/h7,9-14,18-21,36H,5-6,8,15-17,33-35H2,1-4H3,(H,38,40)/b27-18+,37-25+. The molecule has 1 fully saturated rings. The highest BCUT2D eigenvalue weighted by molar-refractivity contribution is 6.09. The van der Waals surface area contributed by atoms with Crippen molar-refractivity contribution >= 4 is 23.0 Å². The van der Waals surface area contributed by atoms with Crippen LogP contribution in [0.5, 0.6) is 5.75 Å². The number of likely N-dealkylation sites (tertiary alicyclic amines) is 1. The van der Waals surface area contributed by atoms with E-state index in [2.05, 4.69) is 22.5 Å². The van der Waals surface area contributed by atoms with E-state index in [4.69, 9.17) is 26.9 Å². The van der Waals surface area contributed by atoms with E-state index in [0.29, 0.717) is 23.0 Å². The fraction of sp³-hybridized carbons (Fsp3) is 0.467. The second kappa shape index (κ2) is 14.4. The van der Waals surface area contributed by atoms with Gasteiger partial charge in [0.05, 0.1) is 29.3 Å². The molecular formula is C30H43F2N7O2. The second-order valence-electron chi connectivity index (χ2n) is 10.6. The number of hydrogen-bond donors (Lipinski definition) is 5. The Morgan fingerprint density at radius 3 is 2.56 bits per heavy atom. The Balaban J connectivity index is 1.81. The van der Waals surface area contributed by atoms with Gasteiger partial charge in [0.1, 0.15) is 0 Å². The van der Waals surface area contributed by atoms with Crippen molar-refractivity contribution in [3.8, 4) is 5.75 Å². The summed E-state index contributed by atoms with van der Waals surface area (Å²) in [5, 5.41) is 6.08. The van der Waals surface area contributed by atoms with E-state index in [1.807, 2.05) is 6.92 Å². The van der Waals surface area contributed by atoms with Crippen LogP contribution in [0.2, 0.25) is 0 Å². The monoisotopic (exact) mass is 571 g/mol. The number of alkyl halides is 2. The molecule has 224 valence electrons. The van der Waals surface area contributed by atoms with Crippen LogP contribution in [-0.2, 0) is 10.7 Å². The van der Waals surface area contributed by atoms with Gasteiger partial charge in [-0.3, -0.25) is 20.0 Å². The number of nitrogens with zero attached hydrogens (tertiary/aromatic N) is 2. The number of hydrogen-bond acceptors (Lipinski definition) is 8. The van der Waals surface area contributed by atoms with Crippen LogP contribution in [0.25, 0.3) is 0 Å². The highest BCUT2D eigenvalue weighted by atomic mass is 19.3. The smallest absolute Gasteiger partial charge is 0.270 e. The lowest BCUT2D eigenvalue weighted by Crippen LogP contribution is -2.42. The second-order valence-corrected chi connectivity index (χ2v) is 10.6. The fourth-order valence-corrected chi connectivity index (χ4v) is 4.57. The van der Waals surface area contributed by atoms with Crippen LogP contribution < -0.4 is 32.6 Å². The summed E-state index contributed by atoms with van der Waals surface area (Å²) in [5.41, 5.74) is 19.5. The number of nitrogen functional groups attached to an aromatic ring is 1. The first-order valence-electron chi connectivity index (χ1n) is 14.0. The minimum Gasteiger partial charge on any atom is -0.439 e. The van der Waals surface area contributed by atoms with Gasteiger partial charge in [0, 0.05) is 37.7 Å². The SMILES string of the molecule is CC(/N=C(\C=C(/N)Oc1cccc(NC(=O)C(C)N)c1N)c1ccc(C(C)(F)F)cc1)NCCN1CCCCC1C. The predicted octanol–water partition coefficient (Wildman–Crippen LogP) is 4.14. The van der Waals surface area contributed by atoms with Gasteiger partial charge in [-0.05, 0) is 57.9 Å². The highest BCUT2D eigenvalue weighted by Gasteiger charge is 2.24. The van der Waals surface area contributed by atoms with Crippen LogP contribution in [0.3, 0.4) is 0 Å². The largest absolute Gasteiger partial charge is 0.439 e. The van der Waals surface area contributed by atoms with Crippen molar-refractivity contribution in [1.29, 1.82) is 0 Å². The van der Waals surface area contributed by atoms with Crippen LogP contribution in [0.4, 0.5) is 20.2 Å².